The molecule has 0 aromatic carbocycles. The van der Waals surface area contributed by atoms with Crippen molar-refractivity contribution in [2.75, 3.05) is 13.1 Å². The lowest BCUT2D eigenvalue weighted by Crippen LogP contribution is -2.38. The van der Waals surface area contributed by atoms with Crippen LogP contribution in [-0.2, 0) is 6.42 Å². The number of thiazole rings is 1. The van der Waals surface area contributed by atoms with Gasteiger partial charge in [0.2, 0.25) is 0 Å². The molecule has 1 aliphatic heterocycles. The monoisotopic (exact) mass is 253 g/mol. The van der Waals surface area contributed by atoms with Crippen molar-refractivity contribution in [2.45, 2.75) is 51.6 Å². The van der Waals surface area contributed by atoms with Gasteiger partial charge in [-0.1, -0.05) is 6.42 Å². The summed E-state index contributed by atoms with van der Waals surface area (Å²) in [6.45, 7) is 6.48. The summed E-state index contributed by atoms with van der Waals surface area (Å²) < 4.78 is 0. The number of piperidine rings is 1. The maximum Gasteiger partial charge on any atom is 0.110 e. The predicted octanol–water partition coefficient (Wildman–Crippen LogP) is 2.58. The third-order valence-electron chi connectivity index (χ3n) is 3.46. The first-order chi connectivity index (χ1) is 8.22. The number of hydrogen-bond donors (Lipinski definition) is 1. The summed E-state index contributed by atoms with van der Waals surface area (Å²) in [5, 5.41) is 3.47. The maximum absolute atomic E-state index is 5.58. The SMILES string of the molecule is CC(C)N1CCCCC1c1nc(CCN)cs1. The van der Waals surface area contributed by atoms with Gasteiger partial charge in [-0.3, -0.25) is 4.90 Å². The summed E-state index contributed by atoms with van der Waals surface area (Å²) >= 11 is 1.81. The normalized spacial score (nSPS) is 22.2. The van der Waals surface area contributed by atoms with Gasteiger partial charge >= 0.3 is 0 Å². The third-order valence-corrected chi connectivity index (χ3v) is 4.46. The molecular formula is C13H23N3S. The molecule has 2 heterocycles. The van der Waals surface area contributed by atoms with E-state index in [9.17, 15) is 0 Å². The molecule has 0 spiro atoms. The van der Waals surface area contributed by atoms with Crippen molar-refractivity contribution in [3.05, 3.63) is 16.1 Å². The quantitative estimate of drug-likeness (QED) is 0.897. The van der Waals surface area contributed by atoms with Crippen molar-refractivity contribution in [3.8, 4) is 0 Å². The van der Waals surface area contributed by atoms with Crippen LogP contribution in [0.3, 0.4) is 0 Å². The van der Waals surface area contributed by atoms with Gasteiger partial charge in [-0.05, 0) is 39.8 Å². The summed E-state index contributed by atoms with van der Waals surface area (Å²) in [6.07, 6.45) is 4.83. The van der Waals surface area contributed by atoms with Crippen molar-refractivity contribution >= 4 is 11.3 Å². The Morgan fingerprint density at radius 3 is 3.06 bits per heavy atom. The van der Waals surface area contributed by atoms with Crippen LogP contribution in [0.5, 0.6) is 0 Å². The van der Waals surface area contributed by atoms with E-state index in [1.807, 2.05) is 11.3 Å². The van der Waals surface area contributed by atoms with Gasteiger partial charge in [0.1, 0.15) is 5.01 Å². The molecule has 1 aliphatic rings. The molecule has 0 bridgehead atoms. The van der Waals surface area contributed by atoms with E-state index in [-0.39, 0.29) is 0 Å². The Bertz CT molecular complexity index is 348. The van der Waals surface area contributed by atoms with Crippen molar-refractivity contribution < 1.29 is 0 Å². The molecule has 3 nitrogen and oxygen atoms in total. The minimum Gasteiger partial charge on any atom is -0.330 e. The number of nitrogens with two attached hydrogens (primary N) is 1. The largest absolute Gasteiger partial charge is 0.330 e. The molecule has 0 saturated carbocycles. The average molecular weight is 253 g/mol. The van der Waals surface area contributed by atoms with Gasteiger partial charge in [0, 0.05) is 17.8 Å². The second-order valence-corrected chi connectivity index (χ2v) is 5.95. The fourth-order valence-corrected chi connectivity index (χ4v) is 3.58. The van der Waals surface area contributed by atoms with E-state index in [4.69, 9.17) is 10.7 Å². The van der Waals surface area contributed by atoms with Crippen molar-refractivity contribution in [2.24, 2.45) is 5.73 Å². The average Bonchev–Trinajstić information content (AvgIpc) is 2.78. The van der Waals surface area contributed by atoms with E-state index in [2.05, 4.69) is 24.1 Å². The first-order valence-corrected chi connectivity index (χ1v) is 7.50. The second-order valence-electron chi connectivity index (χ2n) is 5.06. The summed E-state index contributed by atoms with van der Waals surface area (Å²) in [4.78, 5) is 7.34. The van der Waals surface area contributed by atoms with Crippen molar-refractivity contribution in [1.29, 1.82) is 0 Å². The minimum absolute atomic E-state index is 0.542. The molecule has 17 heavy (non-hydrogen) atoms. The second kappa shape index (κ2) is 5.94. The number of hydrogen-bond acceptors (Lipinski definition) is 4. The van der Waals surface area contributed by atoms with E-state index >= 15 is 0 Å². The van der Waals surface area contributed by atoms with Crippen LogP contribution in [0.2, 0.25) is 0 Å². The van der Waals surface area contributed by atoms with Crippen LogP contribution in [0.1, 0.15) is 49.9 Å². The zero-order chi connectivity index (χ0) is 12.3. The minimum atomic E-state index is 0.542. The predicted molar refractivity (Wildman–Crippen MR) is 73.3 cm³/mol. The summed E-state index contributed by atoms with van der Waals surface area (Å²) in [6, 6.07) is 1.16. The zero-order valence-corrected chi connectivity index (χ0v) is 11.7. The lowest BCUT2D eigenvalue weighted by atomic mass is 10.0. The van der Waals surface area contributed by atoms with Gasteiger partial charge in [-0.2, -0.15) is 0 Å². The summed E-state index contributed by atoms with van der Waals surface area (Å²) in [5.74, 6) is 0. The van der Waals surface area contributed by atoms with Crippen LogP contribution in [0.25, 0.3) is 0 Å². The highest BCUT2D eigenvalue weighted by atomic mass is 32.1. The van der Waals surface area contributed by atoms with Crippen LogP contribution in [-0.4, -0.2) is 29.0 Å². The first kappa shape index (κ1) is 13.0. The molecule has 0 amide bonds. The fraction of sp³-hybridized carbons (Fsp3) is 0.769. The van der Waals surface area contributed by atoms with Gasteiger partial charge in [0.05, 0.1) is 11.7 Å². The van der Waals surface area contributed by atoms with E-state index in [1.54, 1.807) is 0 Å². The Hall–Kier alpha value is -0.450. The van der Waals surface area contributed by atoms with E-state index in [0.29, 0.717) is 18.6 Å². The molecule has 0 radical (unpaired) electrons. The van der Waals surface area contributed by atoms with Crippen molar-refractivity contribution in [1.82, 2.24) is 9.88 Å². The smallest absolute Gasteiger partial charge is 0.110 e. The van der Waals surface area contributed by atoms with Crippen LogP contribution in [0.4, 0.5) is 0 Å². The standard InChI is InChI=1S/C13H23N3S/c1-10(2)16-8-4-3-5-12(16)13-15-11(6-7-14)9-17-13/h9-10,12H,3-8,14H2,1-2H3. The van der Waals surface area contributed by atoms with Gasteiger partial charge in [0.15, 0.2) is 0 Å². The molecule has 96 valence electrons. The van der Waals surface area contributed by atoms with Gasteiger partial charge in [0.25, 0.3) is 0 Å². The van der Waals surface area contributed by atoms with Gasteiger partial charge in [-0.15, -0.1) is 11.3 Å². The first-order valence-electron chi connectivity index (χ1n) is 6.62. The summed E-state index contributed by atoms with van der Waals surface area (Å²) in [7, 11) is 0. The molecule has 1 unspecified atom stereocenters. The molecule has 2 rings (SSSR count). The Morgan fingerprint density at radius 2 is 2.35 bits per heavy atom. The van der Waals surface area contributed by atoms with E-state index in [1.165, 1.54) is 36.5 Å². The van der Waals surface area contributed by atoms with Crippen LogP contribution in [0.15, 0.2) is 5.38 Å². The Morgan fingerprint density at radius 1 is 1.53 bits per heavy atom. The maximum atomic E-state index is 5.58. The lowest BCUT2D eigenvalue weighted by molar-refractivity contribution is 0.112. The number of nitrogens with zero attached hydrogens (tertiary/aromatic N) is 2. The molecule has 2 N–H and O–H groups in total. The molecular weight excluding hydrogens is 230 g/mol. The highest BCUT2D eigenvalue weighted by molar-refractivity contribution is 7.09. The van der Waals surface area contributed by atoms with Crippen LogP contribution < -0.4 is 5.73 Å². The topological polar surface area (TPSA) is 42.2 Å². The molecule has 0 aliphatic carbocycles. The molecule has 1 fully saturated rings. The van der Waals surface area contributed by atoms with Crippen LogP contribution >= 0.6 is 11.3 Å². The number of rotatable bonds is 4. The number of aromatic nitrogens is 1. The molecule has 4 heteroatoms. The van der Waals surface area contributed by atoms with Gasteiger partial charge in [-0.25, -0.2) is 4.98 Å². The Balaban J connectivity index is 2.11. The fourth-order valence-electron chi connectivity index (χ4n) is 2.58. The highest BCUT2D eigenvalue weighted by Crippen LogP contribution is 2.34. The van der Waals surface area contributed by atoms with Crippen LogP contribution in [0, 0.1) is 0 Å². The Kier molecular flexibility index (Phi) is 4.54. The molecule has 1 aromatic rings. The molecule has 1 aromatic heterocycles. The summed E-state index contributed by atoms with van der Waals surface area (Å²) in [5.41, 5.74) is 6.75. The molecule has 1 atom stereocenters. The lowest BCUT2D eigenvalue weighted by Gasteiger charge is -2.37. The molecule has 1 saturated heterocycles. The third kappa shape index (κ3) is 3.06. The Labute approximate surface area is 108 Å². The van der Waals surface area contributed by atoms with E-state index < -0.39 is 0 Å². The van der Waals surface area contributed by atoms with Crippen molar-refractivity contribution in [3.63, 3.8) is 0 Å². The number of likely N-dealkylation sites (tertiary alicyclic amines) is 1. The van der Waals surface area contributed by atoms with Gasteiger partial charge < -0.3 is 5.73 Å². The highest BCUT2D eigenvalue weighted by Gasteiger charge is 2.27. The van der Waals surface area contributed by atoms with E-state index in [0.717, 1.165) is 6.42 Å². The zero-order valence-electron chi connectivity index (χ0n) is 10.9.